The van der Waals surface area contributed by atoms with Crippen LogP contribution in [0.25, 0.3) is 11.3 Å². The number of aliphatic hydroxyl groups excluding tert-OH is 1. The number of nitrogens with zero attached hydrogens (tertiary/aromatic N) is 1. The highest BCUT2D eigenvalue weighted by Crippen LogP contribution is 2.21. The van der Waals surface area contributed by atoms with Crippen LogP contribution in [0, 0.1) is 6.92 Å². The molecule has 3 heteroatoms. The van der Waals surface area contributed by atoms with Gasteiger partial charge in [-0.1, -0.05) is 6.07 Å². The summed E-state index contributed by atoms with van der Waals surface area (Å²) >= 11 is 0. The SMILES string of the molecule is COc1ccc(-c2ccc(CO)c(C)n2)cc1. The number of hydrogen-bond acceptors (Lipinski definition) is 3. The summed E-state index contributed by atoms with van der Waals surface area (Å²) in [5.41, 5.74) is 3.67. The molecule has 0 bridgehead atoms. The first kappa shape index (κ1) is 11.6. The molecule has 0 aliphatic heterocycles. The standard InChI is InChI=1S/C14H15NO2/c1-10-12(9-16)5-8-14(15-10)11-3-6-13(17-2)7-4-11/h3-8,16H,9H2,1-2H3. The zero-order chi connectivity index (χ0) is 12.3. The number of rotatable bonds is 3. The van der Waals surface area contributed by atoms with Crippen molar-refractivity contribution in [3.63, 3.8) is 0 Å². The average molecular weight is 229 g/mol. The highest BCUT2D eigenvalue weighted by molar-refractivity contribution is 5.60. The highest BCUT2D eigenvalue weighted by Gasteiger charge is 2.03. The lowest BCUT2D eigenvalue weighted by Gasteiger charge is -2.06. The van der Waals surface area contributed by atoms with Gasteiger partial charge in [0.05, 0.1) is 19.4 Å². The van der Waals surface area contributed by atoms with Gasteiger partial charge in [0, 0.05) is 11.3 Å². The predicted octanol–water partition coefficient (Wildman–Crippen LogP) is 2.56. The average Bonchev–Trinajstić information content (AvgIpc) is 2.39. The van der Waals surface area contributed by atoms with Crippen LogP contribution >= 0.6 is 0 Å². The van der Waals surface area contributed by atoms with Gasteiger partial charge in [-0.05, 0) is 42.8 Å². The Labute approximate surface area is 101 Å². The van der Waals surface area contributed by atoms with Crippen molar-refractivity contribution in [3.8, 4) is 17.0 Å². The van der Waals surface area contributed by atoms with Crippen LogP contribution in [0.3, 0.4) is 0 Å². The van der Waals surface area contributed by atoms with Gasteiger partial charge < -0.3 is 9.84 Å². The van der Waals surface area contributed by atoms with Crippen LogP contribution in [0.1, 0.15) is 11.3 Å². The van der Waals surface area contributed by atoms with E-state index >= 15 is 0 Å². The second kappa shape index (κ2) is 4.97. The normalized spacial score (nSPS) is 10.3. The molecule has 0 spiro atoms. The van der Waals surface area contributed by atoms with E-state index < -0.39 is 0 Å². The van der Waals surface area contributed by atoms with Gasteiger partial charge >= 0.3 is 0 Å². The topological polar surface area (TPSA) is 42.4 Å². The summed E-state index contributed by atoms with van der Waals surface area (Å²) in [4.78, 5) is 4.47. The third kappa shape index (κ3) is 2.45. The number of hydrogen-bond donors (Lipinski definition) is 1. The number of aliphatic hydroxyl groups is 1. The minimum Gasteiger partial charge on any atom is -0.497 e. The Bertz CT molecular complexity index is 506. The molecule has 0 radical (unpaired) electrons. The molecule has 2 rings (SSSR count). The van der Waals surface area contributed by atoms with Crippen molar-refractivity contribution >= 4 is 0 Å². The molecular weight excluding hydrogens is 214 g/mol. The number of aryl methyl sites for hydroxylation is 1. The van der Waals surface area contributed by atoms with Gasteiger partial charge in [-0.25, -0.2) is 0 Å². The minimum absolute atomic E-state index is 0.0295. The molecule has 0 saturated heterocycles. The molecule has 1 aromatic heterocycles. The third-order valence-corrected chi connectivity index (χ3v) is 2.75. The van der Waals surface area contributed by atoms with Crippen molar-refractivity contribution in [1.29, 1.82) is 0 Å². The third-order valence-electron chi connectivity index (χ3n) is 2.75. The smallest absolute Gasteiger partial charge is 0.118 e. The Morgan fingerprint density at radius 1 is 1.12 bits per heavy atom. The summed E-state index contributed by atoms with van der Waals surface area (Å²) in [6.07, 6.45) is 0. The van der Waals surface area contributed by atoms with E-state index in [-0.39, 0.29) is 6.61 Å². The fourth-order valence-electron chi connectivity index (χ4n) is 1.68. The summed E-state index contributed by atoms with van der Waals surface area (Å²) in [6, 6.07) is 11.6. The number of aromatic nitrogens is 1. The number of methoxy groups -OCH3 is 1. The lowest BCUT2D eigenvalue weighted by atomic mass is 10.1. The molecule has 0 aliphatic rings. The second-order valence-corrected chi connectivity index (χ2v) is 3.83. The molecule has 0 fully saturated rings. The molecule has 0 unspecified atom stereocenters. The monoisotopic (exact) mass is 229 g/mol. The van der Waals surface area contributed by atoms with Crippen LogP contribution in [0.4, 0.5) is 0 Å². The van der Waals surface area contributed by atoms with Crippen molar-refractivity contribution < 1.29 is 9.84 Å². The molecule has 0 saturated carbocycles. The van der Waals surface area contributed by atoms with Crippen molar-refractivity contribution in [2.24, 2.45) is 0 Å². The van der Waals surface area contributed by atoms with Gasteiger partial charge in [0.15, 0.2) is 0 Å². The van der Waals surface area contributed by atoms with Gasteiger partial charge in [-0.3, -0.25) is 4.98 Å². The number of benzene rings is 1. The molecule has 2 aromatic rings. The Morgan fingerprint density at radius 3 is 2.35 bits per heavy atom. The zero-order valence-corrected chi connectivity index (χ0v) is 9.97. The lowest BCUT2D eigenvalue weighted by Crippen LogP contribution is -1.94. The van der Waals surface area contributed by atoms with Gasteiger partial charge in [-0.15, -0.1) is 0 Å². The first-order chi connectivity index (χ1) is 8.24. The molecule has 1 heterocycles. The Kier molecular flexibility index (Phi) is 3.40. The number of ether oxygens (including phenoxy) is 1. The zero-order valence-electron chi connectivity index (χ0n) is 9.97. The summed E-state index contributed by atoms with van der Waals surface area (Å²) in [7, 11) is 1.65. The maximum atomic E-state index is 9.09. The molecule has 88 valence electrons. The molecule has 1 aromatic carbocycles. The largest absolute Gasteiger partial charge is 0.497 e. The summed E-state index contributed by atoms with van der Waals surface area (Å²) in [5.74, 6) is 0.831. The van der Waals surface area contributed by atoms with Crippen molar-refractivity contribution in [1.82, 2.24) is 4.98 Å². The number of pyridine rings is 1. The van der Waals surface area contributed by atoms with Crippen LogP contribution in [-0.2, 0) is 6.61 Å². The molecule has 17 heavy (non-hydrogen) atoms. The van der Waals surface area contributed by atoms with Crippen molar-refractivity contribution in [2.45, 2.75) is 13.5 Å². The van der Waals surface area contributed by atoms with Crippen LogP contribution in [-0.4, -0.2) is 17.2 Å². The summed E-state index contributed by atoms with van der Waals surface area (Å²) < 4.78 is 5.11. The fourth-order valence-corrected chi connectivity index (χ4v) is 1.68. The molecule has 0 aliphatic carbocycles. The van der Waals surface area contributed by atoms with Crippen molar-refractivity contribution in [3.05, 3.63) is 47.7 Å². The van der Waals surface area contributed by atoms with Crippen LogP contribution in [0.15, 0.2) is 36.4 Å². The quantitative estimate of drug-likeness (QED) is 0.879. The van der Waals surface area contributed by atoms with E-state index in [1.54, 1.807) is 7.11 Å². The van der Waals surface area contributed by atoms with E-state index in [1.165, 1.54) is 0 Å². The van der Waals surface area contributed by atoms with E-state index in [2.05, 4.69) is 4.98 Å². The van der Waals surface area contributed by atoms with E-state index in [9.17, 15) is 0 Å². The lowest BCUT2D eigenvalue weighted by molar-refractivity contribution is 0.280. The fraction of sp³-hybridized carbons (Fsp3) is 0.214. The second-order valence-electron chi connectivity index (χ2n) is 3.83. The minimum atomic E-state index is 0.0295. The first-order valence-corrected chi connectivity index (χ1v) is 5.46. The van der Waals surface area contributed by atoms with Gasteiger partial charge in [0.2, 0.25) is 0 Å². The first-order valence-electron chi connectivity index (χ1n) is 5.46. The van der Waals surface area contributed by atoms with E-state index in [0.717, 1.165) is 28.3 Å². The van der Waals surface area contributed by atoms with Crippen LogP contribution < -0.4 is 4.74 Å². The van der Waals surface area contributed by atoms with Crippen LogP contribution in [0.5, 0.6) is 5.75 Å². The Balaban J connectivity index is 2.35. The molecular formula is C14H15NO2. The van der Waals surface area contributed by atoms with Gasteiger partial charge in [-0.2, -0.15) is 0 Å². The highest BCUT2D eigenvalue weighted by atomic mass is 16.5. The summed E-state index contributed by atoms with van der Waals surface area (Å²) in [6.45, 7) is 1.93. The summed E-state index contributed by atoms with van der Waals surface area (Å²) in [5, 5.41) is 9.09. The molecule has 0 amide bonds. The molecule has 3 nitrogen and oxygen atoms in total. The van der Waals surface area contributed by atoms with Gasteiger partial charge in [0.25, 0.3) is 0 Å². The predicted molar refractivity (Wildman–Crippen MR) is 66.9 cm³/mol. The van der Waals surface area contributed by atoms with Gasteiger partial charge in [0.1, 0.15) is 5.75 Å². The maximum absolute atomic E-state index is 9.09. The Hall–Kier alpha value is -1.87. The van der Waals surface area contributed by atoms with Crippen molar-refractivity contribution in [2.75, 3.05) is 7.11 Å². The maximum Gasteiger partial charge on any atom is 0.118 e. The Morgan fingerprint density at radius 2 is 1.82 bits per heavy atom. The molecule has 0 atom stereocenters. The van der Waals surface area contributed by atoms with E-state index in [1.807, 2.05) is 43.3 Å². The molecule has 1 N–H and O–H groups in total. The van der Waals surface area contributed by atoms with E-state index in [4.69, 9.17) is 9.84 Å². The van der Waals surface area contributed by atoms with E-state index in [0.29, 0.717) is 0 Å². The van der Waals surface area contributed by atoms with Crippen LogP contribution in [0.2, 0.25) is 0 Å².